The quantitative estimate of drug-likeness (QED) is 0.439. The molecule has 1 unspecified atom stereocenters. The van der Waals surface area contributed by atoms with E-state index >= 15 is 0 Å². The summed E-state index contributed by atoms with van der Waals surface area (Å²) in [5.74, 6) is 0. The molecule has 0 N–H and O–H groups in total. The summed E-state index contributed by atoms with van der Waals surface area (Å²) >= 11 is -2.47. The van der Waals surface area contributed by atoms with Crippen LogP contribution < -0.4 is 0 Å². The van der Waals surface area contributed by atoms with Crippen LogP contribution in [0, 0.1) is 0 Å². The van der Waals surface area contributed by atoms with Gasteiger partial charge in [-0.15, -0.1) is 0 Å². The Hall–Kier alpha value is -0.0500. The molecule has 1 aliphatic heterocycles. The SMILES string of the molecule is CN(CCN1CCOCC1)OS(=O)[O-]. The second-order valence-electron chi connectivity index (χ2n) is 3.08. The van der Waals surface area contributed by atoms with E-state index in [2.05, 4.69) is 9.18 Å². The lowest BCUT2D eigenvalue weighted by molar-refractivity contribution is -0.0412. The van der Waals surface area contributed by atoms with Crippen molar-refractivity contribution in [1.29, 1.82) is 0 Å². The number of ether oxygens (including phenoxy) is 1. The molecule has 1 heterocycles. The summed E-state index contributed by atoms with van der Waals surface area (Å²) < 4.78 is 29.9. The van der Waals surface area contributed by atoms with Crippen LogP contribution in [0.4, 0.5) is 0 Å². The van der Waals surface area contributed by atoms with E-state index in [9.17, 15) is 8.76 Å². The van der Waals surface area contributed by atoms with E-state index in [0.717, 1.165) is 32.8 Å². The number of nitrogens with zero attached hydrogens (tertiary/aromatic N) is 2. The summed E-state index contributed by atoms with van der Waals surface area (Å²) in [6.45, 7) is 4.64. The number of hydrogen-bond acceptors (Lipinski definition) is 6. The Kier molecular flexibility index (Phi) is 5.53. The van der Waals surface area contributed by atoms with Crippen molar-refractivity contribution in [2.45, 2.75) is 0 Å². The zero-order chi connectivity index (χ0) is 10.4. The molecule has 1 rings (SSSR count). The first-order valence-electron chi connectivity index (χ1n) is 4.47. The van der Waals surface area contributed by atoms with E-state index in [1.54, 1.807) is 7.05 Å². The molecule has 0 spiro atoms. The van der Waals surface area contributed by atoms with Crippen LogP contribution in [0.1, 0.15) is 0 Å². The van der Waals surface area contributed by atoms with Crippen molar-refractivity contribution in [2.24, 2.45) is 0 Å². The van der Waals surface area contributed by atoms with Gasteiger partial charge in [0.15, 0.2) is 0 Å². The van der Waals surface area contributed by atoms with E-state index in [1.165, 1.54) is 5.06 Å². The summed E-state index contributed by atoms with van der Waals surface area (Å²) in [4.78, 5) is 2.21. The highest BCUT2D eigenvalue weighted by molar-refractivity contribution is 7.74. The zero-order valence-corrected chi connectivity index (χ0v) is 8.99. The van der Waals surface area contributed by atoms with Crippen molar-refractivity contribution in [1.82, 2.24) is 9.96 Å². The first-order chi connectivity index (χ1) is 6.68. The Morgan fingerprint density at radius 3 is 2.79 bits per heavy atom. The molecule has 84 valence electrons. The summed E-state index contributed by atoms with van der Waals surface area (Å²) in [6, 6.07) is 0. The first kappa shape index (κ1) is 12.0. The average molecular weight is 223 g/mol. The van der Waals surface area contributed by atoms with Crippen molar-refractivity contribution in [3.8, 4) is 0 Å². The third-order valence-corrected chi connectivity index (χ3v) is 2.40. The van der Waals surface area contributed by atoms with E-state index in [4.69, 9.17) is 4.74 Å². The molecular formula is C7H15N2O4S-. The fourth-order valence-electron chi connectivity index (χ4n) is 1.25. The minimum absolute atomic E-state index is 0.563. The molecule has 0 aromatic carbocycles. The fourth-order valence-corrected chi connectivity index (χ4v) is 1.53. The van der Waals surface area contributed by atoms with Gasteiger partial charge in [-0.1, -0.05) is 0 Å². The molecule has 7 heteroatoms. The van der Waals surface area contributed by atoms with Crippen LogP contribution in [0.2, 0.25) is 0 Å². The minimum atomic E-state index is -2.47. The standard InChI is InChI=1S/C7H16N2O4S/c1-8(13-14(10)11)2-3-9-4-6-12-7-5-9/h2-7H2,1H3,(H,10,11)/p-1. The zero-order valence-electron chi connectivity index (χ0n) is 8.18. The van der Waals surface area contributed by atoms with E-state index in [0.29, 0.717) is 6.54 Å². The summed E-state index contributed by atoms with van der Waals surface area (Å²) in [5.41, 5.74) is 0. The molecule has 0 aliphatic carbocycles. The second kappa shape index (κ2) is 6.44. The number of morpholine rings is 1. The predicted octanol–water partition coefficient (Wildman–Crippen LogP) is -1.02. The molecule has 0 aromatic heterocycles. The van der Waals surface area contributed by atoms with Crippen LogP contribution in [0.5, 0.6) is 0 Å². The Morgan fingerprint density at radius 2 is 2.21 bits per heavy atom. The van der Waals surface area contributed by atoms with E-state index in [-0.39, 0.29) is 0 Å². The van der Waals surface area contributed by atoms with Gasteiger partial charge in [-0.2, -0.15) is 5.06 Å². The minimum Gasteiger partial charge on any atom is -0.748 e. The molecule has 0 saturated carbocycles. The van der Waals surface area contributed by atoms with Gasteiger partial charge in [0, 0.05) is 33.2 Å². The van der Waals surface area contributed by atoms with Gasteiger partial charge in [0.25, 0.3) is 0 Å². The lowest BCUT2D eigenvalue weighted by atomic mass is 10.4. The van der Waals surface area contributed by atoms with Gasteiger partial charge in [-0.3, -0.25) is 4.90 Å². The van der Waals surface area contributed by atoms with Gasteiger partial charge in [0.2, 0.25) is 0 Å². The van der Waals surface area contributed by atoms with Crippen LogP contribution in [-0.2, 0) is 20.4 Å². The number of likely N-dealkylation sites (N-methyl/N-ethyl adjacent to an activating group) is 1. The molecule has 0 amide bonds. The molecule has 1 fully saturated rings. The van der Waals surface area contributed by atoms with Gasteiger partial charge in [0.05, 0.1) is 13.2 Å². The lowest BCUT2D eigenvalue weighted by Crippen LogP contribution is -2.40. The molecule has 14 heavy (non-hydrogen) atoms. The highest BCUT2D eigenvalue weighted by Crippen LogP contribution is 1.97. The Bertz CT molecular complexity index is 187. The molecular weight excluding hydrogens is 208 g/mol. The van der Waals surface area contributed by atoms with Gasteiger partial charge >= 0.3 is 0 Å². The van der Waals surface area contributed by atoms with Crippen molar-refractivity contribution >= 4 is 11.4 Å². The van der Waals surface area contributed by atoms with Gasteiger partial charge in [0.1, 0.15) is 11.4 Å². The molecule has 0 aromatic rings. The molecule has 1 aliphatic rings. The van der Waals surface area contributed by atoms with Crippen LogP contribution in [0.3, 0.4) is 0 Å². The maximum atomic E-state index is 10.2. The fraction of sp³-hybridized carbons (Fsp3) is 1.00. The van der Waals surface area contributed by atoms with Gasteiger partial charge < -0.3 is 9.29 Å². The molecule has 6 nitrogen and oxygen atoms in total. The van der Waals surface area contributed by atoms with E-state index < -0.39 is 11.4 Å². The van der Waals surface area contributed by atoms with Crippen molar-refractivity contribution in [2.75, 3.05) is 46.4 Å². The molecule has 0 bridgehead atoms. The first-order valence-corrected chi connectivity index (χ1v) is 5.47. The third-order valence-electron chi connectivity index (χ3n) is 2.02. The third kappa shape index (κ3) is 4.99. The van der Waals surface area contributed by atoms with Crippen LogP contribution in [0.25, 0.3) is 0 Å². The van der Waals surface area contributed by atoms with Crippen molar-refractivity contribution in [3.63, 3.8) is 0 Å². The molecule has 1 atom stereocenters. The maximum Gasteiger partial charge on any atom is 0.106 e. The van der Waals surface area contributed by atoms with Crippen LogP contribution in [-0.4, -0.2) is 65.2 Å². The highest BCUT2D eigenvalue weighted by Gasteiger charge is 2.10. The number of rotatable bonds is 5. The van der Waals surface area contributed by atoms with Gasteiger partial charge in [-0.05, 0) is 0 Å². The smallest absolute Gasteiger partial charge is 0.106 e. The molecule has 1 saturated heterocycles. The van der Waals surface area contributed by atoms with E-state index in [1.807, 2.05) is 0 Å². The second-order valence-corrected chi connectivity index (χ2v) is 3.64. The molecule has 0 radical (unpaired) electrons. The van der Waals surface area contributed by atoms with Crippen molar-refractivity contribution < 1.29 is 17.8 Å². The summed E-state index contributed by atoms with van der Waals surface area (Å²) in [5, 5.41) is 1.30. The maximum absolute atomic E-state index is 10.2. The highest BCUT2D eigenvalue weighted by atomic mass is 32.2. The normalized spacial score (nSPS) is 21.4. The Labute approximate surface area is 86.2 Å². The topological polar surface area (TPSA) is 65.1 Å². The van der Waals surface area contributed by atoms with Crippen molar-refractivity contribution in [3.05, 3.63) is 0 Å². The summed E-state index contributed by atoms with van der Waals surface area (Å²) in [7, 11) is 1.59. The average Bonchev–Trinajstić information content (AvgIpc) is 2.15. The number of hydroxylamine groups is 2. The van der Waals surface area contributed by atoms with Crippen LogP contribution >= 0.6 is 0 Å². The monoisotopic (exact) mass is 223 g/mol. The lowest BCUT2D eigenvalue weighted by Gasteiger charge is -2.28. The van der Waals surface area contributed by atoms with Crippen LogP contribution in [0.15, 0.2) is 0 Å². The Morgan fingerprint density at radius 1 is 1.57 bits per heavy atom. The number of hydrogen-bond donors (Lipinski definition) is 0. The largest absolute Gasteiger partial charge is 0.748 e. The predicted molar refractivity (Wildman–Crippen MR) is 49.9 cm³/mol. The van der Waals surface area contributed by atoms with Gasteiger partial charge in [-0.25, -0.2) is 8.49 Å². The Balaban J connectivity index is 2.09. The summed E-state index contributed by atoms with van der Waals surface area (Å²) in [6.07, 6.45) is 0.